The molecular weight excluding hydrogens is 304 g/mol. The number of carbonyl (C=O) groups is 1. The number of sulfonamides is 1. The van der Waals surface area contributed by atoms with Crippen molar-refractivity contribution in [3.63, 3.8) is 0 Å². The molecule has 1 fully saturated rings. The van der Waals surface area contributed by atoms with Crippen molar-refractivity contribution >= 4 is 26.8 Å². The molecule has 0 aliphatic carbocycles. The van der Waals surface area contributed by atoms with Crippen LogP contribution in [0.4, 0.5) is 0 Å². The maximum absolute atomic E-state index is 12.7. The Labute approximate surface area is 128 Å². The predicted octanol–water partition coefficient (Wildman–Crippen LogP) is 0.717. The standard InChI is InChI=1S/C14H18N4O3S/c1-2-16-22(20,21)11-6-7-18(9-11)14(19)12-5-3-4-10-8-15-17-13(10)12/h3-5,8,11,16H,2,6-7,9H2,1H3,(H,15,17)/t11-/m0/s1. The second-order valence-electron chi connectivity index (χ2n) is 5.34. The van der Waals surface area contributed by atoms with Crippen LogP contribution in [0.2, 0.25) is 0 Å². The number of para-hydroxylation sites is 1. The van der Waals surface area contributed by atoms with Gasteiger partial charge in [-0.15, -0.1) is 0 Å². The Kier molecular flexibility index (Phi) is 3.88. The van der Waals surface area contributed by atoms with Gasteiger partial charge in [-0.25, -0.2) is 13.1 Å². The van der Waals surface area contributed by atoms with E-state index in [1.165, 1.54) is 0 Å². The average Bonchev–Trinajstić information content (AvgIpc) is 3.15. The topological polar surface area (TPSA) is 95.2 Å². The van der Waals surface area contributed by atoms with Crippen molar-refractivity contribution in [3.8, 4) is 0 Å². The minimum atomic E-state index is -3.35. The van der Waals surface area contributed by atoms with Gasteiger partial charge in [-0.1, -0.05) is 19.1 Å². The maximum Gasteiger partial charge on any atom is 0.256 e. The van der Waals surface area contributed by atoms with Gasteiger partial charge in [-0.3, -0.25) is 9.89 Å². The molecule has 1 saturated heterocycles. The Balaban J connectivity index is 1.81. The number of hydrogen-bond acceptors (Lipinski definition) is 4. The van der Waals surface area contributed by atoms with E-state index in [4.69, 9.17) is 0 Å². The largest absolute Gasteiger partial charge is 0.337 e. The molecular formula is C14H18N4O3S. The quantitative estimate of drug-likeness (QED) is 0.867. The van der Waals surface area contributed by atoms with Gasteiger partial charge < -0.3 is 4.90 Å². The summed E-state index contributed by atoms with van der Waals surface area (Å²) in [5.41, 5.74) is 1.21. The van der Waals surface area contributed by atoms with Crippen molar-refractivity contribution in [3.05, 3.63) is 30.0 Å². The summed E-state index contributed by atoms with van der Waals surface area (Å²) in [6.07, 6.45) is 2.12. The second kappa shape index (κ2) is 5.69. The van der Waals surface area contributed by atoms with E-state index in [0.29, 0.717) is 30.6 Å². The molecule has 1 amide bonds. The molecule has 1 aromatic heterocycles. The Hall–Kier alpha value is -1.93. The zero-order valence-electron chi connectivity index (χ0n) is 12.2. The highest BCUT2D eigenvalue weighted by atomic mass is 32.2. The zero-order chi connectivity index (χ0) is 15.7. The van der Waals surface area contributed by atoms with Crippen LogP contribution in [0.5, 0.6) is 0 Å². The Morgan fingerprint density at radius 2 is 2.32 bits per heavy atom. The number of carbonyl (C=O) groups excluding carboxylic acids is 1. The van der Waals surface area contributed by atoms with E-state index in [1.54, 1.807) is 30.2 Å². The van der Waals surface area contributed by atoms with Crippen molar-refractivity contribution < 1.29 is 13.2 Å². The van der Waals surface area contributed by atoms with E-state index in [1.807, 2.05) is 6.07 Å². The molecule has 3 rings (SSSR count). The molecule has 1 atom stereocenters. The SMILES string of the molecule is CCNS(=O)(=O)[C@H]1CCN(C(=O)c2cccc3cn[nH]c23)C1. The van der Waals surface area contributed by atoms with Crippen LogP contribution in [-0.2, 0) is 10.0 Å². The summed E-state index contributed by atoms with van der Waals surface area (Å²) >= 11 is 0. The van der Waals surface area contributed by atoms with Gasteiger partial charge in [0.05, 0.1) is 22.5 Å². The number of benzene rings is 1. The van der Waals surface area contributed by atoms with Gasteiger partial charge in [0, 0.05) is 25.0 Å². The van der Waals surface area contributed by atoms with Crippen LogP contribution in [0.25, 0.3) is 10.9 Å². The van der Waals surface area contributed by atoms with Gasteiger partial charge in [0.2, 0.25) is 10.0 Å². The van der Waals surface area contributed by atoms with E-state index in [-0.39, 0.29) is 12.5 Å². The van der Waals surface area contributed by atoms with Crippen LogP contribution < -0.4 is 4.72 Å². The summed E-state index contributed by atoms with van der Waals surface area (Å²) in [4.78, 5) is 14.2. The molecule has 2 aromatic rings. The normalized spacial score (nSPS) is 19.0. The molecule has 8 heteroatoms. The lowest BCUT2D eigenvalue weighted by molar-refractivity contribution is 0.0795. The van der Waals surface area contributed by atoms with Gasteiger partial charge in [0.25, 0.3) is 5.91 Å². The molecule has 1 aliphatic heterocycles. The molecule has 22 heavy (non-hydrogen) atoms. The van der Waals surface area contributed by atoms with E-state index in [0.717, 1.165) is 5.39 Å². The monoisotopic (exact) mass is 322 g/mol. The summed E-state index contributed by atoms with van der Waals surface area (Å²) < 4.78 is 26.6. The first-order chi connectivity index (χ1) is 10.5. The van der Waals surface area contributed by atoms with Gasteiger partial charge >= 0.3 is 0 Å². The molecule has 1 aliphatic rings. The van der Waals surface area contributed by atoms with E-state index >= 15 is 0 Å². The third kappa shape index (κ3) is 2.59. The van der Waals surface area contributed by atoms with Crippen LogP contribution in [0.15, 0.2) is 24.4 Å². The minimum Gasteiger partial charge on any atom is -0.337 e. The van der Waals surface area contributed by atoms with Crippen molar-refractivity contribution in [1.82, 2.24) is 19.8 Å². The molecule has 1 aromatic carbocycles. The fourth-order valence-corrected chi connectivity index (χ4v) is 4.23. The number of likely N-dealkylation sites (tertiary alicyclic amines) is 1. The number of aromatic nitrogens is 2. The van der Waals surface area contributed by atoms with Crippen molar-refractivity contribution in [1.29, 1.82) is 0 Å². The van der Waals surface area contributed by atoms with Crippen LogP contribution in [0.1, 0.15) is 23.7 Å². The van der Waals surface area contributed by atoms with Crippen LogP contribution in [0, 0.1) is 0 Å². The third-order valence-corrected chi connectivity index (χ3v) is 5.88. The van der Waals surface area contributed by atoms with Crippen molar-refractivity contribution in [2.75, 3.05) is 19.6 Å². The fourth-order valence-electron chi connectivity index (χ4n) is 2.80. The summed E-state index contributed by atoms with van der Waals surface area (Å²) in [6.45, 7) is 2.77. The van der Waals surface area contributed by atoms with Crippen molar-refractivity contribution in [2.45, 2.75) is 18.6 Å². The molecule has 0 radical (unpaired) electrons. The predicted molar refractivity (Wildman–Crippen MR) is 83.0 cm³/mol. The maximum atomic E-state index is 12.7. The lowest BCUT2D eigenvalue weighted by Crippen LogP contribution is -2.37. The van der Waals surface area contributed by atoms with E-state index in [2.05, 4.69) is 14.9 Å². The summed E-state index contributed by atoms with van der Waals surface area (Å²) in [5, 5.41) is 7.09. The van der Waals surface area contributed by atoms with Crippen LogP contribution in [0.3, 0.4) is 0 Å². The molecule has 2 N–H and O–H groups in total. The highest BCUT2D eigenvalue weighted by molar-refractivity contribution is 7.90. The lowest BCUT2D eigenvalue weighted by atomic mass is 10.1. The fraction of sp³-hybridized carbons (Fsp3) is 0.429. The molecule has 2 heterocycles. The number of amides is 1. The molecule has 7 nitrogen and oxygen atoms in total. The summed E-state index contributed by atoms with van der Waals surface area (Å²) in [7, 11) is -3.35. The van der Waals surface area contributed by atoms with E-state index < -0.39 is 15.3 Å². The third-order valence-electron chi connectivity index (χ3n) is 3.92. The molecule has 0 spiro atoms. The number of nitrogens with one attached hydrogen (secondary N) is 2. The smallest absolute Gasteiger partial charge is 0.256 e. The lowest BCUT2D eigenvalue weighted by Gasteiger charge is -2.17. The molecule has 118 valence electrons. The van der Waals surface area contributed by atoms with Gasteiger partial charge in [-0.05, 0) is 12.5 Å². The average molecular weight is 322 g/mol. The highest BCUT2D eigenvalue weighted by Crippen LogP contribution is 2.22. The van der Waals surface area contributed by atoms with E-state index in [9.17, 15) is 13.2 Å². The van der Waals surface area contributed by atoms with Gasteiger partial charge in [-0.2, -0.15) is 5.10 Å². The zero-order valence-corrected chi connectivity index (χ0v) is 13.1. The summed E-state index contributed by atoms with van der Waals surface area (Å²) in [5.74, 6) is -0.163. The second-order valence-corrected chi connectivity index (χ2v) is 7.39. The van der Waals surface area contributed by atoms with Gasteiger partial charge in [0.15, 0.2) is 0 Å². The number of hydrogen-bond donors (Lipinski definition) is 2. The molecule has 0 bridgehead atoms. The summed E-state index contributed by atoms with van der Waals surface area (Å²) in [6, 6.07) is 5.40. The first-order valence-corrected chi connectivity index (χ1v) is 8.77. The highest BCUT2D eigenvalue weighted by Gasteiger charge is 2.35. The number of fused-ring (bicyclic) bond motifs is 1. The Bertz CT molecular complexity index is 799. The molecule has 0 unspecified atom stereocenters. The minimum absolute atomic E-state index is 0.163. The Morgan fingerprint density at radius 3 is 3.09 bits per heavy atom. The van der Waals surface area contributed by atoms with Crippen LogP contribution in [-0.4, -0.2) is 54.3 Å². The van der Waals surface area contributed by atoms with Crippen LogP contribution >= 0.6 is 0 Å². The molecule has 0 saturated carbocycles. The number of H-pyrrole nitrogens is 1. The first-order valence-electron chi connectivity index (χ1n) is 7.23. The van der Waals surface area contributed by atoms with Crippen molar-refractivity contribution in [2.24, 2.45) is 0 Å². The Morgan fingerprint density at radius 1 is 1.50 bits per heavy atom. The number of rotatable bonds is 4. The number of aromatic amines is 1. The first kappa shape index (κ1) is 15.0. The number of nitrogens with zero attached hydrogens (tertiary/aromatic N) is 2. The van der Waals surface area contributed by atoms with Gasteiger partial charge in [0.1, 0.15) is 0 Å².